The number of hydrazone groups is 1. The van der Waals surface area contributed by atoms with Crippen LogP contribution in [0.15, 0.2) is 58.0 Å². The van der Waals surface area contributed by atoms with Gasteiger partial charge in [-0.1, -0.05) is 29.3 Å². The Bertz CT molecular complexity index is 1030. The zero-order valence-corrected chi connectivity index (χ0v) is 16.5. The third-order valence-electron chi connectivity index (χ3n) is 3.86. The average Bonchev–Trinajstić information content (AvgIpc) is 3.18. The summed E-state index contributed by atoms with van der Waals surface area (Å²) in [5.41, 5.74) is 3.42. The molecule has 1 N–H and O–H groups in total. The number of halogens is 2. The summed E-state index contributed by atoms with van der Waals surface area (Å²) in [4.78, 5) is 12.3. The Balaban J connectivity index is 1.71. The van der Waals surface area contributed by atoms with Gasteiger partial charge in [0.25, 0.3) is 5.91 Å². The molecule has 1 aromatic heterocycles. The maximum Gasteiger partial charge on any atom is 0.275 e. The van der Waals surface area contributed by atoms with Crippen molar-refractivity contribution < 1.29 is 18.7 Å². The summed E-state index contributed by atoms with van der Waals surface area (Å²) >= 11 is 12.2. The normalized spacial score (nSPS) is 10.9. The minimum Gasteiger partial charge on any atom is -0.497 e. The molecule has 0 unspecified atom stereocenters. The summed E-state index contributed by atoms with van der Waals surface area (Å²) in [6.45, 7) is 0. The van der Waals surface area contributed by atoms with Crippen molar-refractivity contribution >= 4 is 35.3 Å². The topological polar surface area (TPSA) is 73.1 Å². The van der Waals surface area contributed by atoms with Gasteiger partial charge in [0.2, 0.25) is 0 Å². The van der Waals surface area contributed by atoms with Crippen molar-refractivity contribution in [1.82, 2.24) is 5.43 Å². The molecule has 1 heterocycles. The first-order valence-corrected chi connectivity index (χ1v) is 8.88. The second-order valence-corrected chi connectivity index (χ2v) is 6.35. The molecule has 144 valence electrons. The Hall–Kier alpha value is -2.96. The van der Waals surface area contributed by atoms with Crippen LogP contribution in [0.5, 0.6) is 11.5 Å². The Morgan fingerprint density at radius 3 is 2.68 bits per heavy atom. The van der Waals surface area contributed by atoms with Gasteiger partial charge in [0, 0.05) is 11.6 Å². The molecule has 3 aromatic rings. The van der Waals surface area contributed by atoms with E-state index >= 15 is 0 Å². The molecule has 0 fully saturated rings. The van der Waals surface area contributed by atoms with Gasteiger partial charge < -0.3 is 13.9 Å². The SMILES string of the molecule is COc1ccc(C(=O)NN=Cc2ccc(-c3cccc(Cl)c3Cl)o2)c(OC)c1. The summed E-state index contributed by atoms with van der Waals surface area (Å²) in [6, 6.07) is 13.6. The fourth-order valence-corrected chi connectivity index (χ4v) is 2.86. The van der Waals surface area contributed by atoms with Gasteiger partial charge >= 0.3 is 0 Å². The number of nitrogens with one attached hydrogen (secondary N) is 1. The van der Waals surface area contributed by atoms with Crippen molar-refractivity contribution in [3.63, 3.8) is 0 Å². The lowest BCUT2D eigenvalue weighted by molar-refractivity contribution is 0.0952. The first-order valence-electron chi connectivity index (χ1n) is 8.13. The minimum absolute atomic E-state index is 0.325. The van der Waals surface area contributed by atoms with Crippen LogP contribution in [-0.2, 0) is 0 Å². The molecule has 0 bridgehead atoms. The molecular formula is C20H16Cl2N2O4. The largest absolute Gasteiger partial charge is 0.497 e. The fourth-order valence-electron chi connectivity index (χ4n) is 2.46. The van der Waals surface area contributed by atoms with Crippen LogP contribution in [0, 0.1) is 0 Å². The van der Waals surface area contributed by atoms with E-state index in [0.29, 0.717) is 44.2 Å². The van der Waals surface area contributed by atoms with Crippen LogP contribution >= 0.6 is 23.2 Å². The third-order valence-corrected chi connectivity index (χ3v) is 4.67. The van der Waals surface area contributed by atoms with E-state index < -0.39 is 5.91 Å². The molecule has 2 aromatic carbocycles. The third kappa shape index (κ3) is 4.30. The molecule has 6 nitrogen and oxygen atoms in total. The molecule has 0 saturated carbocycles. The summed E-state index contributed by atoms with van der Waals surface area (Å²) in [7, 11) is 3.01. The van der Waals surface area contributed by atoms with Gasteiger partial charge in [-0.25, -0.2) is 5.43 Å². The van der Waals surface area contributed by atoms with Crippen molar-refractivity contribution in [3.8, 4) is 22.8 Å². The van der Waals surface area contributed by atoms with Gasteiger partial charge in [-0.05, 0) is 36.4 Å². The van der Waals surface area contributed by atoms with E-state index in [4.69, 9.17) is 37.1 Å². The molecule has 0 spiro atoms. The number of hydrogen-bond acceptors (Lipinski definition) is 5. The van der Waals surface area contributed by atoms with Gasteiger partial charge in [0.1, 0.15) is 23.0 Å². The van der Waals surface area contributed by atoms with E-state index in [0.717, 1.165) is 0 Å². The summed E-state index contributed by atoms with van der Waals surface area (Å²) in [6.07, 6.45) is 1.38. The maximum atomic E-state index is 12.3. The molecule has 0 aliphatic heterocycles. The molecule has 0 atom stereocenters. The van der Waals surface area contributed by atoms with E-state index in [-0.39, 0.29) is 0 Å². The monoisotopic (exact) mass is 418 g/mol. The van der Waals surface area contributed by atoms with Crippen LogP contribution in [0.25, 0.3) is 11.3 Å². The van der Waals surface area contributed by atoms with Gasteiger partial charge in [0.05, 0.1) is 36.0 Å². The number of rotatable bonds is 6. The standard InChI is InChI=1S/C20H16Cl2N2O4/c1-26-12-6-8-15(18(10-12)27-2)20(25)24-23-11-13-7-9-17(28-13)14-4-3-5-16(21)19(14)22/h3-11H,1-2H3,(H,24,25). The van der Waals surface area contributed by atoms with Crippen LogP contribution in [0.3, 0.4) is 0 Å². The smallest absolute Gasteiger partial charge is 0.275 e. The van der Waals surface area contributed by atoms with Crippen LogP contribution in [-0.4, -0.2) is 26.3 Å². The molecule has 28 heavy (non-hydrogen) atoms. The van der Waals surface area contributed by atoms with Gasteiger partial charge in [-0.3, -0.25) is 4.79 Å². The van der Waals surface area contributed by atoms with Crippen molar-refractivity contribution in [2.45, 2.75) is 0 Å². The minimum atomic E-state index is -0.430. The number of amides is 1. The van der Waals surface area contributed by atoms with E-state index in [1.54, 1.807) is 48.5 Å². The molecule has 1 amide bonds. The Kier molecular flexibility index (Phi) is 6.23. The molecule has 0 saturated heterocycles. The number of benzene rings is 2. The predicted molar refractivity (Wildman–Crippen MR) is 109 cm³/mol. The van der Waals surface area contributed by atoms with Crippen molar-refractivity contribution in [2.75, 3.05) is 14.2 Å². The highest BCUT2D eigenvalue weighted by atomic mass is 35.5. The Morgan fingerprint density at radius 1 is 1.11 bits per heavy atom. The quantitative estimate of drug-likeness (QED) is 0.449. The number of carbonyl (C=O) groups is 1. The fraction of sp³-hybridized carbons (Fsp3) is 0.100. The molecule has 3 rings (SSSR count). The second-order valence-electron chi connectivity index (χ2n) is 5.57. The first-order chi connectivity index (χ1) is 13.5. The molecule has 8 heteroatoms. The lowest BCUT2D eigenvalue weighted by Crippen LogP contribution is -2.18. The van der Waals surface area contributed by atoms with Crippen molar-refractivity contribution in [3.05, 3.63) is 69.9 Å². The number of furan rings is 1. The molecule has 0 radical (unpaired) electrons. The summed E-state index contributed by atoms with van der Waals surface area (Å²) < 4.78 is 16.0. The highest BCUT2D eigenvalue weighted by Gasteiger charge is 2.13. The van der Waals surface area contributed by atoms with Crippen LogP contribution in [0.4, 0.5) is 0 Å². The van der Waals surface area contributed by atoms with Crippen molar-refractivity contribution in [2.24, 2.45) is 5.10 Å². The molecular weight excluding hydrogens is 403 g/mol. The summed E-state index contributed by atoms with van der Waals surface area (Å²) in [5, 5.41) is 4.76. The Morgan fingerprint density at radius 2 is 1.93 bits per heavy atom. The van der Waals surface area contributed by atoms with Crippen LogP contribution in [0.2, 0.25) is 10.0 Å². The summed E-state index contributed by atoms with van der Waals surface area (Å²) in [5.74, 6) is 1.51. The lowest BCUT2D eigenvalue weighted by atomic mass is 10.2. The highest BCUT2D eigenvalue weighted by Crippen LogP contribution is 2.34. The van der Waals surface area contributed by atoms with E-state index in [1.807, 2.05) is 0 Å². The van der Waals surface area contributed by atoms with Crippen LogP contribution < -0.4 is 14.9 Å². The van der Waals surface area contributed by atoms with E-state index in [9.17, 15) is 4.79 Å². The molecule has 0 aliphatic rings. The van der Waals surface area contributed by atoms with E-state index in [1.165, 1.54) is 20.4 Å². The lowest BCUT2D eigenvalue weighted by Gasteiger charge is -2.08. The van der Waals surface area contributed by atoms with E-state index in [2.05, 4.69) is 10.5 Å². The zero-order chi connectivity index (χ0) is 20.1. The second kappa shape index (κ2) is 8.82. The number of ether oxygens (including phenoxy) is 2. The van der Waals surface area contributed by atoms with Crippen molar-refractivity contribution in [1.29, 1.82) is 0 Å². The van der Waals surface area contributed by atoms with Gasteiger partial charge in [0.15, 0.2) is 0 Å². The number of carbonyl (C=O) groups excluding carboxylic acids is 1. The zero-order valence-electron chi connectivity index (χ0n) is 15.0. The first kappa shape index (κ1) is 19.8. The Labute approximate surface area is 171 Å². The average molecular weight is 419 g/mol. The predicted octanol–water partition coefficient (Wildman–Crippen LogP) is 5.03. The highest BCUT2D eigenvalue weighted by molar-refractivity contribution is 6.43. The number of hydrogen-bond donors (Lipinski definition) is 1. The van der Waals surface area contributed by atoms with Gasteiger partial charge in [-0.2, -0.15) is 5.10 Å². The number of methoxy groups -OCH3 is 2. The maximum absolute atomic E-state index is 12.3. The molecule has 0 aliphatic carbocycles. The van der Waals surface area contributed by atoms with Gasteiger partial charge in [-0.15, -0.1) is 0 Å². The number of nitrogens with zero attached hydrogens (tertiary/aromatic N) is 1. The van der Waals surface area contributed by atoms with Crippen LogP contribution in [0.1, 0.15) is 16.1 Å².